The van der Waals surface area contributed by atoms with Crippen LogP contribution in [0, 0.1) is 5.41 Å². The highest BCUT2D eigenvalue weighted by Crippen LogP contribution is 2.29. The zero-order chi connectivity index (χ0) is 11.6. The number of hydrogen-bond donors (Lipinski definition) is 0. The van der Waals surface area contributed by atoms with Gasteiger partial charge in [-0.05, 0) is 25.7 Å². The van der Waals surface area contributed by atoms with Crippen molar-refractivity contribution in [2.45, 2.75) is 53.5 Å². The number of allylic oxidation sites excluding steroid dienone is 1. The molecule has 2 heteroatoms. The Morgan fingerprint density at radius 1 is 1.40 bits per heavy atom. The first-order valence-corrected chi connectivity index (χ1v) is 5.77. The van der Waals surface area contributed by atoms with E-state index in [-0.39, 0.29) is 11.5 Å². The predicted octanol–water partition coefficient (Wildman–Crippen LogP) is 2.99. The van der Waals surface area contributed by atoms with Crippen LogP contribution in [0.1, 0.15) is 47.5 Å². The van der Waals surface area contributed by atoms with Crippen molar-refractivity contribution < 1.29 is 4.79 Å². The molecule has 0 N–H and O–H groups in total. The van der Waals surface area contributed by atoms with Gasteiger partial charge in [-0.25, -0.2) is 0 Å². The van der Waals surface area contributed by atoms with Crippen LogP contribution in [0.25, 0.3) is 0 Å². The monoisotopic (exact) mass is 209 g/mol. The minimum absolute atomic E-state index is 0.122. The van der Waals surface area contributed by atoms with Gasteiger partial charge in [0.25, 0.3) is 0 Å². The second-order valence-corrected chi connectivity index (χ2v) is 5.75. The topological polar surface area (TPSA) is 20.3 Å². The van der Waals surface area contributed by atoms with Gasteiger partial charge < -0.3 is 4.90 Å². The molecule has 0 saturated carbocycles. The van der Waals surface area contributed by atoms with Gasteiger partial charge in [0.15, 0.2) is 0 Å². The maximum Gasteiger partial charge on any atom is 0.223 e. The number of amides is 1. The zero-order valence-electron chi connectivity index (χ0n) is 10.6. The van der Waals surface area contributed by atoms with E-state index in [0.717, 1.165) is 19.4 Å². The largest absolute Gasteiger partial charge is 0.336 e. The van der Waals surface area contributed by atoms with Crippen molar-refractivity contribution in [1.82, 2.24) is 4.90 Å². The Balaban J connectivity index is 2.91. The van der Waals surface area contributed by atoms with Gasteiger partial charge in [-0.15, -0.1) is 0 Å². The van der Waals surface area contributed by atoms with E-state index in [1.165, 1.54) is 5.57 Å². The van der Waals surface area contributed by atoms with Gasteiger partial charge in [0.05, 0.1) is 6.04 Å². The molecular weight excluding hydrogens is 186 g/mol. The summed E-state index contributed by atoms with van der Waals surface area (Å²) in [5, 5.41) is 0. The van der Waals surface area contributed by atoms with Crippen LogP contribution in [0.5, 0.6) is 0 Å². The Bertz CT molecular complexity index is 269. The molecule has 1 unspecified atom stereocenters. The van der Waals surface area contributed by atoms with Crippen LogP contribution >= 0.6 is 0 Å². The summed E-state index contributed by atoms with van der Waals surface area (Å²) in [5.74, 6) is 0.312. The summed E-state index contributed by atoms with van der Waals surface area (Å²) >= 11 is 0. The summed E-state index contributed by atoms with van der Waals surface area (Å²) < 4.78 is 0. The summed E-state index contributed by atoms with van der Waals surface area (Å²) in [6, 6.07) is 0.248. The van der Waals surface area contributed by atoms with E-state index >= 15 is 0 Å². The molecule has 1 heterocycles. The third-order valence-corrected chi connectivity index (χ3v) is 2.82. The zero-order valence-corrected chi connectivity index (χ0v) is 10.6. The lowest BCUT2D eigenvalue weighted by atomic mass is 9.84. The van der Waals surface area contributed by atoms with Gasteiger partial charge in [-0.2, -0.15) is 0 Å². The summed E-state index contributed by atoms with van der Waals surface area (Å²) in [7, 11) is 0. The molecule has 1 fully saturated rings. The van der Waals surface area contributed by atoms with Crippen LogP contribution < -0.4 is 0 Å². The molecular formula is C13H23NO. The maximum absolute atomic E-state index is 11.7. The molecule has 86 valence electrons. The van der Waals surface area contributed by atoms with Crippen LogP contribution in [0.15, 0.2) is 11.6 Å². The van der Waals surface area contributed by atoms with Crippen molar-refractivity contribution in [3.05, 3.63) is 11.6 Å². The molecule has 1 aliphatic heterocycles. The highest BCUT2D eigenvalue weighted by atomic mass is 16.2. The average Bonchev–Trinajstić information content (AvgIpc) is 2.45. The Morgan fingerprint density at radius 3 is 2.33 bits per heavy atom. The van der Waals surface area contributed by atoms with Gasteiger partial charge in [0, 0.05) is 13.0 Å². The smallest absolute Gasteiger partial charge is 0.223 e. The fourth-order valence-electron chi connectivity index (χ4n) is 2.09. The van der Waals surface area contributed by atoms with Crippen LogP contribution in [0.3, 0.4) is 0 Å². The molecule has 1 rings (SSSR count). The van der Waals surface area contributed by atoms with E-state index in [1.807, 2.05) is 4.90 Å². The average molecular weight is 209 g/mol. The minimum atomic E-state index is 0.122. The summed E-state index contributed by atoms with van der Waals surface area (Å²) in [4.78, 5) is 13.8. The van der Waals surface area contributed by atoms with Crippen molar-refractivity contribution in [3.8, 4) is 0 Å². The van der Waals surface area contributed by atoms with Gasteiger partial charge >= 0.3 is 0 Å². The van der Waals surface area contributed by atoms with E-state index in [9.17, 15) is 4.79 Å². The summed E-state index contributed by atoms with van der Waals surface area (Å²) in [5.41, 5.74) is 1.41. The molecule has 0 aromatic carbocycles. The van der Waals surface area contributed by atoms with Crippen LogP contribution in [-0.4, -0.2) is 23.4 Å². The molecule has 0 aromatic rings. The lowest BCUT2D eigenvalue weighted by Gasteiger charge is -2.36. The quantitative estimate of drug-likeness (QED) is 0.640. The van der Waals surface area contributed by atoms with Gasteiger partial charge in [-0.1, -0.05) is 32.4 Å². The van der Waals surface area contributed by atoms with Crippen LogP contribution in [-0.2, 0) is 4.79 Å². The van der Waals surface area contributed by atoms with Gasteiger partial charge in [-0.3, -0.25) is 4.79 Å². The van der Waals surface area contributed by atoms with Crippen molar-refractivity contribution >= 4 is 5.91 Å². The normalized spacial score (nSPS) is 19.3. The van der Waals surface area contributed by atoms with Gasteiger partial charge in [0.1, 0.15) is 0 Å². The molecule has 15 heavy (non-hydrogen) atoms. The maximum atomic E-state index is 11.7. The molecule has 0 spiro atoms. The number of rotatable bonds is 2. The molecule has 0 aliphatic carbocycles. The SMILES string of the molecule is CC(C)=CC(N1CCCC1=O)C(C)(C)C. The molecule has 0 radical (unpaired) electrons. The highest BCUT2D eigenvalue weighted by Gasteiger charge is 2.33. The van der Waals surface area contributed by atoms with E-state index in [4.69, 9.17) is 0 Å². The molecule has 0 aromatic heterocycles. The second-order valence-electron chi connectivity index (χ2n) is 5.75. The third kappa shape index (κ3) is 3.08. The number of nitrogens with zero attached hydrogens (tertiary/aromatic N) is 1. The Kier molecular flexibility index (Phi) is 3.58. The summed E-state index contributed by atoms with van der Waals surface area (Å²) in [6.45, 7) is 11.7. The number of carbonyl (C=O) groups is 1. The van der Waals surface area contributed by atoms with Crippen LogP contribution in [0.2, 0.25) is 0 Å². The molecule has 1 aliphatic rings. The lowest BCUT2D eigenvalue weighted by Crippen LogP contribution is -2.43. The fourth-order valence-corrected chi connectivity index (χ4v) is 2.09. The predicted molar refractivity (Wildman–Crippen MR) is 63.6 cm³/mol. The molecule has 1 atom stereocenters. The van der Waals surface area contributed by atoms with Crippen molar-refractivity contribution in [1.29, 1.82) is 0 Å². The van der Waals surface area contributed by atoms with Crippen molar-refractivity contribution in [3.63, 3.8) is 0 Å². The molecule has 1 saturated heterocycles. The third-order valence-electron chi connectivity index (χ3n) is 2.82. The standard InChI is InChI=1S/C13H23NO/c1-10(2)9-11(13(3,4)5)14-8-6-7-12(14)15/h9,11H,6-8H2,1-5H3. The molecule has 0 bridgehead atoms. The number of carbonyl (C=O) groups excluding carboxylic acids is 1. The van der Waals surface area contributed by atoms with E-state index in [2.05, 4.69) is 40.7 Å². The van der Waals surface area contributed by atoms with E-state index in [0.29, 0.717) is 5.91 Å². The second kappa shape index (κ2) is 4.38. The van der Waals surface area contributed by atoms with Crippen LogP contribution in [0.4, 0.5) is 0 Å². The Morgan fingerprint density at radius 2 is 2.00 bits per heavy atom. The van der Waals surface area contributed by atoms with E-state index in [1.54, 1.807) is 0 Å². The Hall–Kier alpha value is -0.790. The molecule has 2 nitrogen and oxygen atoms in total. The Labute approximate surface area is 93.3 Å². The van der Waals surface area contributed by atoms with Gasteiger partial charge in [0.2, 0.25) is 5.91 Å². The minimum Gasteiger partial charge on any atom is -0.336 e. The lowest BCUT2D eigenvalue weighted by molar-refractivity contribution is -0.130. The fraction of sp³-hybridized carbons (Fsp3) is 0.769. The van der Waals surface area contributed by atoms with Crippen molar-refractivity contribution in [2.24, 2.45) is 5.41 Å². The number of likely N-dealkylation sites (tertiary alicyclic amines) is 1. The number of hydrogen-bond acceptors (Lipinski definition) is 1. The first kappa shape index (κ1) is 12.3. The highest BCUT2D eigenvalue weighted by molar-refractivity contribution is 5.78. The summed E-state index contributed by atoms with van der Waals surface area (Å²) in [6.07, 6.45) is 3.97. The van der Waals surface area contributed by atoms with Crippen molar-refractivity contribution in [2.75, 3.05) is 6.54 Å². The van der Waals surface area contributed by atoms with E-state index < -0.39 is 0 Å². The first-order chi connectivity index (χ1) is 6.82. The molecule has 1 amide bonds. The first-order valence-electron chi connectivity index (χ1n) is 5.77.